The smallest absolute Gasteiger partial charge is 0.115 e. The molecule has 2 N–H and O–H groups in total. The lowest BCUT2D eigenvalue weighted by Crippen LogP contribution is -1.74. The van der Waals surface area contributed by atoms with Gasteiger partial charge in [0.05, 0.1) is 0 Å². The van der Waals surface area contributed by atoms with Gasteiger partial charge < -0.3 is 10.5 Å². The topological polar surface area (TPSA) is 44.1 Å². The molecule has 1 rings (SSSR count). The summed E-state index contributed by atoms with van der Waals surface area (Å²) in [7, 11) is 0. The van der Waals surface area contributed by atoms with E-state index < -0.39 is 0 Å². The van der Waals surface area contributed by atoms with E-state index in [1.165, 1.54) is 6.21 Å². The van der Waals surface area contributed by atoms with Gasteiger partial charge in [-0.05, 0) is 29.8 Å². The predicted molar refractivity (Wildman–Crippen MR) is 47.3 cm³/mol. The average molecular weight is 151 g/mol. The minimum Gasteiger partial charge on any atom is -0.508 e. The van der Waals surface area contributed by atoms with E-state index in [1.807, 2.05) is 13.8 Å². The Morgan fingerprint density at radius 1 is 1.18 bits per heavy atom. The number of hydrogen-bond acceptors (Lipinski definition) is 2. The molecule has 0 bridgehead atoms. The normalized spacial score (nSPS) is 7.82. The zero-order valence-electron chi connectivity index (χ0n) is 6.83. The second-order valence-corrected chi connectivity index (χ2v) is 1.74. The molecule has 0 aliphatic carbocycles. The maximum Gasteiger partial charge on any atom is 0.115 e. The van der Waals surface area contributed by atoms with Gasteiger partial charge in [-0.3, -0.25) is 0 Å². The highest BCUT2D eigenvalue weighted by molar-refractivity contribution is 5.76. The first kappa shape index (κ1) is 9.69. The quantitative estimate of drug-likeness (QED) is 0.595. The summed E-state index contributed by atoms with van der Waals surface area (Å²) in [6, 6.07) is 6.48. The monoisotopic (exact) mass is 151 g/mol. The Balaban J connectivity index is 0.000000461. The molecule has 11 heavy (non-hydrogen) atoms. The van der Waals surface area contributed by atoms with Crippen molar-refractivity contribution in [3.05, 3.63) is 29.8 Å². The van der Waals surface area contributed by atoms with Crippen LogP contribution >= 0.6 is 0 Å². The highest BCUT2D eigenvalue weighted by Gasteiger charge is 1.85. The molecule has 0 fully saturated rings. The number of benzene rings is 1. The van der Waals surface area contributed by atoms with Gasteiger partial charge in [0.15, 0.2) is 0 Å². The van der Waals surface area contributed by atoms with Gasteiger partial charge in [-0.1, -0.05) is 13.8 Å². The van der Waals surface area contributed by atoms with Gasteiger partial charge >= 0.3 is 0 Å². The second kappa shape index (κ2) is 5.47. The van der Waals surface area contributed by atoms with Gasteiger partial charge in [0.25, 0.3) is 0 Å². The molecule has 0 atom stereocenters. The van der Waals surface area contributed by atoms with Crippen molar-refractivity contribution in [2.24, 2.45) is 0 Å². The van der Waals surface area contributed by atoms with Crippen molar-refractivity contribution < 1.29 is 5.11 Å². The SMILES string of the molecule is CC.N=Cc1ccc(O)cc1. The molecule has 0 radical (unpaired) electrons. The molecule has 0 heterocycles. The lowest BCUT2D eigenvalue weighted by atomic mass is 10.2. The van der Waals surface area contributed by atoms with E-state index in [-0.39, 0.29) is 5.75 Å². The van der Waals surface area contributed by atoms with E-state index in [0.29, 0.717) is 0 Å². The van der Waals surface area contributed by atoms with Crippen molar-refractivity contribution in [2.45, 2.75) is 13.8 Å². The fraction of sp³-hybridized carbons (Fsp3) is 0.222. The van der Waals surface area contributed by atoms with Gasteiger partial charge in [-0.15, -0.1) is 0 Å². The van der Waals surface area contributed by atoms with Gasteiger partial charge in [-0.25, -0.2) is 0 Å². The fourth-order valence-electron chi connectivity index (χ4n) is 0.571. The lowest BCUT2D eigenvalue weighted by Gasteiger charge is -1.89. The fourth-order valence-corrected chi connectivity index (χ4v) is 0.571. The second-order valence-electron chi connectivity index (χ2n) is 1.74. The molecule has 1 aromatic carbocycles. The number of nitrogens with one attached hydrogen (secondary N) is 1. The minimum absolute atomic E-state index is 0.237. The van der Waals surface area contributed by atoms with Gasteiger partial charge in [-0.2, -0.15) is 0 Å². The van der Waals surface area contributed by atoms with E-state index in [2.05, 4.69) is 0 Å². The summed E-state index contributed by atoms with van der Waals surface area (Å²) in [5, 5.41) is 15.6. The molecule has 1 aromatic rings. The first-order valence-corrected chi connectivity index (χ1v) is 3.62. The molecule has 0 aromatic heterocycles. The van der Waals surface area contributed by atoms with Gasteiger partial charge in [0, 0.05) is 6.21 Å². The van der Waals surface area contributed by atoms with E-state index in [1.54, 1.807) is 24.3 Å². The van der Waals surface area contributed by atoms with Crippen molar-refractivity contribution >= 4 is 6.21 Å². The number of hydrogen-bond donors (Lipinski definition) is 2. The summed E-state index contributed by atoms with van der Waals surface area (Å²) in [6.07, 6.45) is 1.24. The van der Waals surface area contributed by atoms with E-state index >= 15 is 0 Å². The molecule has 0 amide bonds. The van der Waals surface area contributed by atoms with Crippen LogP contribution in [0.3, 0.4) is 0 Å². The zero-order chi connectivity index (χ0) is 8.69. The number of phenols is 1. The highest BCUT2D eigenvalue weighted by atomic mass is 16.3. The molecular weight excluding hydrogens is 138 g/mol. The van der Waals surface area contributed by atoms with Crippen LogP contribution in [0.25, 0.3) is 0 Å². The van der Waals surface area contributed by atoms with Crippen LogP contribution in [0.15, 0.2) is 24.3 Å². The zero-order valence-corrected chi connectivity index (χ0v) is 6.83. The maximum absolute atomic E-state index is 8.78. The van der Waals surface area contributed by atoms with Crippen molar-refractivity contribution in [1.29, 1.82) is 5.41 Å². The Hall–Kier alpha value is -1.31. The molecule has 0 saturated heterocycles. The van der Waals surface area contributed by atoms with Crippen LogP contribution in [-0.4, -0.2) is 11.3 Å². The molecular formula is C9H13NO. The van der Waals surface area contributed by atoms with Gasteiger partial charge in [0.2, 0.25) is 0 Å². The Labute approximate surface area is 67.0 Å². The van der Waals surface area contributed by atoms with Crippen LogP contribution in [0.1, 0.15) is 19.4 Å². The summed E-state index contributed by atoms with van der Waals surface area (Å²) in [5.41, 5.74) is 0.799. The summed E-state index contributed by atoms with van der Waals surface area (Å²) in [6.45, 7) is 4.00. The molecule has 2 nitrogen and oxygen atoms in total. The lowest BCUT2D eigenvalue weighted by molar-refractivity contribution is 0.475. The van der Waals surface area contributed by atoms with Crippen LogP contribution in [0.2, 0.25) is 0 Å². The highest BCUT2D eigenvalue weighted by Crippen LogP contribution is 2.06. The number of phenolic OH excluding ortho intramolecular Hbond substituents is 1. The predicted octanol–water partition coefficient (Wildman–Crippen LogP) is 2.42. The standard InChI is InChI=1S/C7H7NO.C2H6/c8-5-6-1-3-7(9)4-2-6;1-2/h1-5,8-9H;1-2H3. The molecule has 60 valence electrons. The Bertz CT molecular complexity index is 203. The Kier molecular flexibility index (Phi) is 4.82. The molecule has 0 spiro atoms. The minimum atomic E-state index is 0.237. The van der Waals surface area contributed by atoms with Crippen molar-refractivity contribution in [1.82, 2.24) is 0 Å². The first-order valence-electron chi connectivity index (χ1n) is 3.62. The number of aromatic hydroxyl groups is 1. The van der Waals surface area contributed by atoms with Crippen LogP contribution in [-0.2, 0) is 0 Å². The average Bonchev–Trinajstić information content (AvgIpc) is 2.10. The Morgan fingerprint density at radius 3 is 2.00 bits per heavy atom. The largest absolute Gasteiger partial charge is 0.508 e. The molecule has 0 unspecified atom stereocenters. The summed E-state index contributed by atoms with van der Waals surface area (Å²) >= 11 is 0. The summed E-state index contributed by atoms with van der Waals surface area (Å²) < 4.78 is 0. The van der Waals surface area contributed by atoms with E-state index in [9.17, 15) is 0 Å². The van der Waals surface area contributed by atoms with Gasteiger partial charge in [0.1, 0.15) is 5.75 Å². The van der Waals surface area contributed by atoms with Crippen LogP contribution in [0.5, 0.6) is 5.75 Å². The number of rotatable bonds is 1. The van der Waals surface area contributed by atoms with Crippen LogP contribution in [0, 0.1) is 5.41 Å². The third-order valence-corrected chi connectivity index (χ3v) is 1.06. The maximum atomic E-state index is 8.78. The summed E-state index contributed by atoms with van der Waals surface area (Å²) in [5.74, 6) is 0.237. The first-order chi connectivity index (χ1) is 5.33. The Morgan fingerprint density at radius 2 is 1.64 bits per heavy atom. The molecule has 0 saturated carbocycles. The third kappa shape index (κ3) is 3.40. The van der Waals surface area contributed by atoms with Crippen molar-refractivity contribution in [3.63, 3.8) is 0 Å². The van der Waals surface area contributed by atoms with E-state index in [4.69, 9.17) is 10.5 Å². The van der Waals surface area contributed by atoms with Crippen LogP contribution in [0.4, 0.5) is 0 Å². The summed E-state index contributed by atoms with van der Waals surface area (Å²) in [4.78, 5) is 0. The molecule has 0 aliphatic rings. The van der Waals surface area contributed by atoms with Crippen molar-refractivity contribution in [3.8, 4) is 5.75 Å². The third-order valence-electron chi connectivity index (χ3n) is 1.06. The van der Waals surface area contributed by atoms with Crippen molar-refractivity contribution in [2.75, 3.05) is 0 Å². The van der Waals surface area contributed by atoms with E-state index in [0.717, 1.165) is 5.56 Å². The molecule has 2 heteroatoms. The van der Waals surface area contributed by atoms with Crippen LogP contribution < -0.4 is 0 Å². The molecule has 0 aliphatic heterocycles.